The fourth-order valence-corrected chi connectivity index (χ4v) is 5.57. The van der Waals surface area contributed by atoms with E-state index >= 15 is 0 Å². The van der Waals surface area contributed by atoms with E-state index in [2.05, 4.69) is 24.9 Å². The standard InChI is InChI=1S/C25H26ClN3O2/c1-15(2)12-28-14-21(30)29-13-18(16-8-4-6-10-19(16)26)22-17-9-5-7-11-20(17)27-23(22)25(29,3)24(28)31/h4-11,15,18,27H,12-14H2,1-3H3. The second-order valence-electron chi connectivity index (χ2n) is 9.19. The SMILES string of the molecule is CC(C)CN1CC(=O)N2CC(c3ccccc3Cl)c3c([nH]c4ccccc34)C2(C)C1=O. The molecule has 31 heavy (non-hydrogen) atoms. The minimum absolute atomic E-state index is 0.0220. The monoisotopic (exact) mass is 435 g/mol. The first kappa shape index (κ1) is 20.1. The minimum Gasteiger partial charge on any atom is -0.356 e. The average Bonchev–Trinajstić information content (AvgIpc) is 3.13. The summed E-state index contributed by atoms with van der Waals surface area (Å²) < 4.78 is 0. The molecule has 2 aromatic carbocycles. The summed E-state index contributed by atoms with van der Waals surface area (Å²) in [7, 11) is 0. The lowest BCUT2D eigenvalue weighted by atomic mass is 9.76. The van der Waals surface area contributed by atoms with Crippen molar-refractivity contribution in [1.82, 2.24) is 14.8 Å². The number of aromatic amines is 1. The second kappa shape index (κ2) is 7.13. The largest absolute Gasteiger partial charge is 0.356 e. The van der Waals surface area contributed by atoms with Gasteiger partial charge in [-0.15, -0.1) is 0 Å². The molecule has 2 atom stereocenters. The molecule has 6 heteroatoms. The number of benzene rings is 2. The number of H-pyrrole nitrogens is 1. The summed E-state index contributed by atoms with van der Waals surface area (Å²) in [5.74, 6) is 0.130. The number of halogens is 1. The van der Waals surface area contributed by atoms with E-state index in [1.807, 2.05) is 49.4 Å². The van der Waals surface area contributed by atoms with Gasteiger partial charge in [0.15, 0.2) is 5.54 Å². The maximum atomic E-state index is 13.8. The third-order valence-electron chi connectivity index (χ3n) is 6.68. The Morgan fingerprint density at radius 3 is 2.58 bits per heavy atom. The van der Waals surface area contributed by atoms with E-state index in [1.165, 1.54) is 0 Å². The molecule has 2 aliphatic rings. The summed E-state index contributed by atoms with van der Waals surface area (Å²) in [5.41, 5.74) is 2.75. The van der Waals surface area contributed by atoms with Gasteiger partial charge in [0.1, 0.15) is 0 Å². The smallest absolute Gasteiger partial charge is 0.254 e. The van der Waals surface area contributed by atoms with Crippen LogP contribution in [0.4, 0.5) is 0 Å². The number of nitrogens with one attached hydrogen (secondary N) is 1. The normalized spacial score (nSPS) is 23.5. The molecule has 0 aliphatic carbocycles. The first-order valence-corrected chi connectivity index (χ1v) is 11.2. The molecule has 2 amide bonds. The first-order chi connectivity index (χ1) is 14.8. The summed E-state index contributed by atoms with van der Waals surface area (Å²) in [6.07, 6.45) is 0. The number of fused-ring (bicyclic) bond motifs is 5. The van der Waals surface area contributed by atoms with Crippen LogP contribution in [0, 0.1) is 5.92 Å². The molecule has 2 aliphatic heterocycles. The molecule has 5 nitrogen and oxygen atoms in total. The predicted molar refractivity (Wildman–Crippen MR) is 122 cm³/mol. The van der Waals surface area contributed by atoms with Gasteiger partial charge in [-0.2, -0.15) is 0 Å². The molecule has 1 saturated heterocycles. The third kappa shape index (κ3) is 2.90. The van der Waals surface area contributed by atoms with E-state index < -0.39 is 5.54 Å². The number of carbonyl (C=O) groups is 2. The number of para-hydroxylation sites is 1. The van der Waals surface area contributed by atoms with E-state index in [0.717, 1.165) is 27.7 Å². The van der Waals surface area contributed by atoms with Gasteiger partial charge < -0.3 is 14.8 Å². The number of piperazine rings is 1. The van der Waals surface area contributed by atoms with Crippen LogP contribution in [-0.4, -0.2) is 46.2 Å². The molecular weight excluding hydrogens is 410 g/mol. The van der Waals surface area contributed by atoms with E-state index in [1.54, 1.807) is 9.80 Å². The highest BCUT2D eigenvalue weighted by Crippen LogP contribution is 2.49. The van der Waals surface area contributed by atoms with E-state index in [9.17, 15) is 9.59 Å². The maximum Gasteiger partial charge on any atom is 0.254 e. The lowest BCUT2D eigenvalue weighted by Crippen LogP contribution is -2.67. The van der Waals surface area contributed by atoms with Crippen molar-refractivity contribution in [2.24, 2.45) is 5.92 Å². The molecule has 0 bridgehead atoms. The summed E-state index contributed by atoms with van der Waals surface area (Å²) in [6.45, 7) is 7.13. The third-order valence-corrected chi connectivity index (χ3v) is 7.03. The van der Waals surface area contributed by atoms with E-state index in [0.29, 0.717) is 18.1 Å². The van der Waals surface area contributed by atoms with Crippen molar-refractivity contribution in [2.45, 2.75) is 32.2 Å². The van der Waals surface area contributed by atoms with Crippen LogP contribution in [0.5, 0.6) is 0 Å². The first-order valence-electron chi connectivity index (χ1n) is 10.8. The van der Waals surface area contributed by atoms with Gasteiger partial charge in [0.2, 0.25) is 5.91 Å². The van der Waals surface area contributed by atoms with Gasteiger partial charge in [0, 0.05) is 34.9 Å². The quantitative estimate of drug-likeness (QED) is 0.658. The van der Waals surface area contributed by atoms with Gasteiger partial charge in [0.05, 0.1) is 12.2 Å². The molecule has 3 heterocycles. The molecular formula is C25H26ClN3O2. The Bertz CT molecular complexity index is 1200. The number of carbonyl (C=O) groups excluding carboxylic acids is 2. The molecule has 1 aromatic heterocycles. The molecule has 160 valence electrons. The maximum absolute atomic E-state index is 13.8. The van der Waals surface area contributed by atoms with Crippen LogP contribution >= 0.6 is 11.6 Å². The number of nitrogens with zero attached hydrogens (tertiary/aromatic N) is 2. The highest BCUT2D eigenvalue weighted by Gasteiger charge is 2.56. The zero-order valence-electron chi connectivity index (χ0n) is 18.0. The summed E-state index contributed by atoms with van der Waals surface area (Å²) in [6, 6.07) is 15.9. The molecule has 2 unspecified atom stereocenters. The van der Waals surface area contributed by atoms with Gasteiger partial charge >= 0.3 is 0 Å². The van der Waals surface area contributed by atoms with Crippen molar-refractivity contribution >= 4 is 34.3 Å². The van der Waals surface area contributed by atoms with Crippen molar-refractivity contribution in [1.29, 1.82) is 0 Å². The second-order valence-corrected chi connectivity index (χ2v) is 9.60. The molecule has 0 spiro atoms. The lowest BCUT2D eigenvalue weighted by Gasteiger charge is -2.51. The Labute approximate surface area is 187 Å². The number of hydrogen-bond acceptors (Lipinski definition) is 2. The van der Waals surface area contributed by atoms with Crippen molar-refractivity contribution in [3.8, 4) is 0 Å². The van der Waals surface area contributed by atoms with Gasteiger partial charge in [-0.25, -0.2) is 0 Å². The van der Waals surface area contributed by atoms with Crippen LogP contribution in [0.3, 0.4) is 0 Å². The Morgan fingerprint density at radius 1 is 1.13 bits per heavy atom. The van der Waals surface area contributed by atoms with Gasteiger partial charge in [-0.3, -0.25) is 9.59 Å². The number of hydrogen-bond donors (Lipinski definition) is 1. The summed E-state index contributed by atoms with van der Waals surface area (Å²) in [5, 5.41) is 1.74. The number of amides is 2. The molecule has 5 rings (SSSR count). The van der Waals surface area contributed by atoms with Gasteiger partial charge in [0.25, 0.3) is 5.91 Å². The highest BCUT2D eigenvalue weighted by atomic mass is 35.5. The molecule has 0 saturated carbocycles. The Balaban J connectivity index is 1.76. The van der Waals surface area contributed by atoms with Crippen LogP contribution in [0.25, 0.3) is 10.9 Å². The highest BCUT2D eigenvalue weighted by molar-refractivity contribution is 6.31. The van der Waals surface area contributed by atoms with E-state index in [4.69, 9.17) is 11.6 Å². The molecule has 0 radical (unpaired) electrons. The van der Waals surface area contributed by atoms with Gasteiger partial charge in [-0.1, -0.05) is 61.8 Å². The minimum atomic E-state index is -1.06. The van der Waals surface area contributed by atoms with Crippen LogP contribution in [0.2, 0.25) is 5.02 Å². The molecule has 1 N–H and O–H groups in total. The lowest BCUT2D eigenvalue weighted by molar-refractivity contribution is -0.166. The van der Waals surface area contributed by atoms with Crippen LogP contribution in [-0.2, 0) is 15.1 Å². The molecule has 1 fully saturated rings. The van der Waals surface area contributed by atoms with Crippen LogP contribution < -0.4 is 0 Å². The Hall–Kier alpha value is -2.79. The number of aromatic nitrogens is 1. The van der Waals surface area contributed by atoms with Crippen molar-refractivity contribution in [3.63, 3.8) is 0 Å². The fourth-order valence-electron chi connectivity index (χ4n) is 5.30. The Morgan fingerprint density at radius 2 is 1.84 bits per heavy atom. The van der Waals surface area contributed by atoms with Crippen LogP contribution in [0.1, 0.15) is 43.5 Å². The molecule has 3 aromatic rings. The van der Waals surface area contributed by atoms with E-state index in [-0.39, 0.29) is 30.2 Å². The average molecular weight is 436 g/mol. The zero-order chi connectivity index (χ0) is 21.9. The van der Waals surface area contributed by atoms with Crippen molar-refractivity contribution in [2.75, 3.05) is 19.6 Å². The van der Waals surface area contributed by atoms with Crippen LogP contribution in [0.15, 0.2) is 48.5 Å². The van der Waals surface area contributed by atoms with Crippen molar-refractivity contribution in [3.05, 3.63) is 70.4 Å². The predicted octanol–water partition coefficient (Wildman–Crippen LogP) is 4.51. The van der Waals surface area contributed by atoms with Crippen molar-refractivity contribution < 1.29 is 9.59 Å². The number of rotatable bonds is 3. The fraction of sp³-hybridized carbons (Fsp3) is 0.360. The summed E-state index contributed by atoms with van der Waals surface area (Å²) >= 11 is 6.61. The Kier molecular flexibility index (Phi) is 4.63. The van der Waals surface area contributed by atoms with Gasteiger partial charge in [-0.05, 0) is 36.1 Å². The topological polar surface area (TPSA) is 56.4 Å². The summed E-state index contributed by atoms with van der Waals surface area (Å²) in [4.78, 5) is 34.1. The zero-order valence-corrected chi connectivity index (χ0v) is 18.7.